The first-order valence-corrected chi connectivity index (χ1v) is 10.6. The van der Waals surface area contributed by atoms with E-state index in [1.807, 2.05) is 14.2 Å². The molecule has 0 radical (unpaired) electrons. The normalized spacial score (nSPS) is 25.2. The van der Waals surface area contributed by atoms with Crippen LogP contribution in [0.1, 0.15) is 51.4 Å². The fraction of sp³-hybridized carbons (Fsp3) is 1.00. The van der Waals surface area contributed by atoms with E-state index in [1.165, 1.54) is 51.4 Å². The van der Waals surface area contributed by atoms with Crippen molar-refractivity contribution in [2.75, 3.05) is 14.2 Å². The van der Waals surface area contributed by atoms with Crippen LogP contribution in [0.5, 0.6) is 0 Å². The Hall–Kier alpha value is 0.463. The summed E-state index contributed by atoms with van der Waals surface area (Å²) < 4.78 is 13.7. The molecule has 2 saturated carbocycles. The van der Waals surface area contributed by atoms with Crippen LogP contribution in [0.4, 0.5) is 0 Å². The average molecular weight is 273 g/mol. The first kappa shape index (κ1) is 11.9. The minimum absolute atomic E-state index is 0.822. The van der Waals surface area contributed by atoms with Gasteiger partial charge >= 0.3 is 96.6 Å². The quantitative estimate of drug-likeness (QED) is 0.728. The third-order valence-corrected chi connectivity index (χ3v) is 14.4. The van der Waals surface area contributed by atoms with Gasteiger partial charge in [0.2, 0.25) is 0 Å². The molecule has 0 bridgehead atoms. The van der Waals surface area contributed by atoms with E-state index in [1.54, 1.807) is 0 Å². The number of rotatable bonds is 4. The third-order valence-electron chi connectivity index (χ3n) is 4.49. The Labute approximate surface area is 96.8 Å². The zero-order valence-electron chi connectivity index (χ0n) is 10.1. The molecule has 0 atom stereocenters. The Morgan fingerprint density at radius 3 is 1.33 bits per heavy atom. The summed E-state index contributed by atoms with van der Waals surface area (Å²) in [7, 11) is 3.83. The number of hydrogen-bond donors (Lipinski definition) is 0. The molecule has 2 fully saturated rings. The van der Waals surface area contributed by atoms with Gasteiger partial charge in [0.15, 0.2) is 0 Å². The van der Waals surface area contributed by atoms with Gasteiger partial charge in [0.1, 0.15) is 0 Å². The van der Waals surface area contributed by atoms with E-state index >= 15 is 0 Å². The molecule has 2 nitrogen and oxygen atoms in total. The third kappa shape index (κ3) is 2.13. The van der Waals surface area contributed by atoms with Gasteiger partial charge in [0.05, 0.1) is 0 Å². The van der Waals surface area contributed by atoms with Crippen LogP contribution in [0.15, 0.2) is 0 Å². The predicted octanol–water partition coefficient (Wildman–Crippen LogP) is 3.61. The van der Waals surface area contributed by atoms with Crippen molar-refractivity contribution in [3.05, 3.63) is 0 Å². The van der Waals surface area contributed by atoms with E-state index in [9.17, 15) is 0 Å². The molecule has 0 unspecified atom stereocenters. The summed E-state index contributed by atoms with van der Waals surface area (Å²) in [6, 6.07) is 0. The molecule has 0 aromatic heterocycles. The van der Waals surface area contributed by atoms with Crippen LogP contribution < -0.4 is 0 Å². The van der Waals surface area contributed by atoms with Crippen LogP contribution in [-0.2, 0) is 7.53 Å². The SMILES string of the molecule is C[O][Ge]([O]C)([CH]1CCCC1)[CH]1CCCC1. The first-order valence-electron chi connectivity index (χ1n) is 6.44. The van der Waals surface area contributed by atoms with E-state index in [0.717, 1.165) is 9.50 Å². The van der Waals surface area contributed by atoms with E-state index in [0.29, 0.717) is 0 Å². The van der Waals surface area contributed by atoms with Gasteiger partial charge in [0, 0.05) is 0 Å². The van der Waals surface area contributed by atoms with Crippen molar-refractivity contribution in [2.45, 2.75) is 60.9 Å². The van der Waals surface area contributed by atoms with Crippen molar-refractivity contribution in [1.82, 2.24) is 0 Å². The van der Waals surface area contributed by atoms with Gasteiger partial charge < -0.3 is 0 Å². The molecule has 3 heteroatoms. The van der Waals surface area contributed by atoms with E-state index in [2.05, 4.69) is 0 Å². The fourth-order valence-electron chi connectivity index (χ4n) is 3.74. The summed E-state index contributed by atoms with van der Waals surface area (Å²) in [5.41, 5.74) is 0. The Bertz CT molecular complexity index is 174. The molecule has 0 spiro atoms. The van der Waals surface area contributed by atoms with E-state index < -0.39 is 13.9 Å². The van der Waals surface area contributed by atoms with Gasteiger partial charge in [-0.15, -0.1) is 0 Å². The van der Waals surface area contributed by atoms with Crippen LogP contribution in [0.2, 0.25) is 9.50 Å². The summed E-state index contributed by atoms with van der Waals surface area (Å²) in [6.45, 7) is 0. The van der Waals surface area contributed by atoms with Gasteiger partial charge in [0.25, 0.3) is 0 Å². The molecule has 2 aliphatic carbocycles. The van der Waals surface area contributed by atoms with Crippen molar-refractivity contribution >= 4 is 13.9 Å². The summed E-state index contributed by atoms with van der Waals surface area (Å²) in [5, 5.41) is 0. The zero-order chi connectivity index (χ0) is 10.7. The topological polar surface area (TPSA) is 18.5 Å². The van der Waals surface area contributed by atoms with Crippen LogP contribution >= 0.6 is 0 Å². The van der Waals surface area contributed by atoms with Gasteiger partial charge in [-0.2, -0.15) is 0 Å². The van der Waals surface area contributed by atoms with Crippen LogP contribution in [0.3, 0.4) is 0 Å². The Morgan fingerprint density at radius 2 is 1.07 bits per heavy atom. The Morgan fingerprint density at radius 1 is 0.733 bits per heavy atom. The monoisotopic (exact) mass is 274 g/mol. The molecule has 2 aliphatic rings. The molecule has 88 valence electrons. The molecule has 0 amide bonds. The Balaban J connectivity index is 2.13. The molecule has 15 heavy (non-hydrogen) atoms. The molecule has 0 heterocycles. The average Bonchev–Trinajstić information content (AvgIpc) is 2.92. The van der Waals surface area contributed by atoms with Crippen LogP contribution in [0, 0.1) is 0 Å². The van der Waals surface area contributed by atoms with Gasteiger partial charge in [-0.3, -0.25) is 0 Å². The van der Waals surface area contributed by atoms with Crippen molar-refractivity contribution in [2.24, 2.45) is 0 Å². The second kappa shape index (κ2) is 5.20. The Kier molecular flexibility index (Phi) is 4.13. The van der Waals surface area contributed by atoms with E-state index in [-0.39, 0.29) is 0 Å². The molecular formula is C12H24GeO2. The molecule has 0 aliphatic heterocycles. The molecule has 2 rings (SSSR count). The molecule has 0 saturated heterocycles. The molecule has 0 aromatic carbocycles. The second-order valence-corrected chi connectivity index (χ2v) is 13.3. The fourth-order valence-corrected chi connectivity index (χ4v) is 13.4. The summed E-state index contributed by atoms with van der Waals surface area (Å²) in [6.07, 6.45) is 11.1. The maximum atomic E-state index is 6.02. The number of hydrogen-bond acceptors (Lipinski definition) is 2. The minimum atomic E-state index is -2.44. The molecule has 0 N–H and O–H groups in total. The van der Waals surface area contributed by atoms with E-state index in [4.69, 9.17) is 7.53 Å². The summed E-state index contributed by atoms with van der Waals surface area (Å²) >= 11 is -2.44. The molecule has 0 aromatic rings. The maximum absolute atomic E-state index is 6.02. The zero-order valence-corrected chi connectivity index (χ0v) is 12.2. The van der Waals surface area contributed by atoms with Crippen LogP contribution in [0.25, 0.3) is 0 Å². The predicted molar refractivity (Wildman–Crippen MR) is 64.2 cm³/mol. The van der Waals surface area contributed by atoms with Gasteiger partial charge in [-0.05, 0) is 0 Å². The summed E-state index contributed by atoms with van der Waals surface area (Å²) in [5.74, 6) is 0. The first-order chi connectivity index (χ1) is 7.33. The van der Waals surface area contributed by atoms with Crippen LogP contribution in [-0.4, -0.2) is 28.2 Å². The van der Waals surface area contributed by atoms with Gasteiger partial charge in [-0.1, -0.05) is 0 Å². The van der Waals surface area contributed by atoms with Gasteiger partial charge in [-0.25, -0.2) is 0 Å². The van der Waals surface area contributed by atoms with Crippen molar-refractivity contribution < 1.29 is 7.53 Å². The standard InChI is InChI=1S/C12H24GeO2/c1-14-13(15-2,11-7-3-4-8-11)12-9-5-6-10-12/h11-12H,3-10H2,1-2H3. The molecular weight excluding hydrogens is 249 g/mol. The van der Waals surface area contributed by atoms with Crippen molar-refractivity contribution in [1.29, 1.82) is 0 Å². The van der Waals surface area contributed by atoms with Crippen molar-refractivity contribution in [3.8, 4) is 0 Å². The summed E-state index contributed by atoms with van der Waals surface area (Å²) in [4.78, 5) is 0. The second-order valence-electron chi connectivity index (χ2n) is 5.09. The van der Waals surface area contributed by atoms with Crippen molar-refractivity contribution in [3.63, 3.8) is 0 Å².